The Bertz CT molecular complexity index is 387. The molecule has 0 saturated carbocycles. The largest absolute Gasteiger partial charge is 0.348 e. The maximum absolute atomic E-state index is 12.1. The molecule has 4 nitrogen and oxygen atoms in total. The Morgan fingerprint density at radius 2 is 2.53 bits per heavy atom. The van der Waals surface area contributed by atoms with Crippen molar-refractivity contribution in [3.05, 3.63) is 22.4 Å². The summed E-state index contributed by atoms with van der Waals surface area (Å²) in [6, 6.07) is 4.69. The molecule has 0 aromatic carbocycles. The molecule has 1 amide bonds. The van der Waals surface area contributed by atoms with E-state index < -0.39 is 0 Å². The number of nitrogens with zero attached hydrogens (tertiary/aromatic N) is 1. The standard InChI is InChI=1S/C14H23N3OS/c1-3-17(12-6-7-15-9-12)10-14(18)16-11(2)13-5-4-8-19-13/h4-5,8,11-12,15H,3,6-7,9-10H2,1-2H3,(H,16,18). The summed E-state index contributed by atoms with van der Waals surface area (Å²) < 4.78 is 0. The van der Waals surface area contributed by atoms with Gasteiger partial charge in [0.1, 0.15) is 0 Å². The summed E-state index contributed by atoms with van der Waals surface area (Å²) in [5.74, 6) is 0.120. The second-order valence-corrected chi connectivity index (χ2v) is 5.99. The van der Waals surface area contributed by atoms with Gasteiger partial charge in [0.15, 0.2) is 0 Å². The first-order valence-corrected chi connectivity index (χ1v) is 7.86. The lowest BCUT2D eigenvalue weighted by molar-refractivity contribution is -0.123. The Morgan fingerprint density at radius 1 is 1.68 bits per heavy atom. The van der Waals surface area contributed by atoms with E-state index in [0.29, 0.717) is 12.6 Å². The molecule has 2 unspecified atom stereocenters. The minimum Gasteiger partial charge on any atom is -0.348 e. The molecule has 2 atom stereocenters. The van der Waals surface area contributed by atoms with Gasteiger partial charge in [-0.2, -0.15) is 0 Å². The molecule has 2 heterocycles. The lowest BCUT2D eigenvalue weighted by atomic mass is 10.2. The normalized spacial score (nSPS) is 20.7. The highest BCUT2D eigenvalue weighted by Gasteiger charge is 2.23. The summed E-state index contributed by atoms with van der Waals surface area (Å²) in [5.41, 5.74) is 0. The lowest BCUT2D eigenvalue weighted by Gasteiger charge is -2.26. The topological polar surface area (TPSA) is 44.4 Å². The van der Waals surface area contributed by atoms with Crippen LogP contribution in [0, 0.1) is 0 Å². The number of thiophene rings is 1. The third-order valence-electron chi connectivity index (χ3n) is 3.65. The van der Waals surface area contributed by atoms with Gasteiger partial charge in [-0.25, -0.2) is 0 Å². The van der Waals surface area contributed by atoms with Gasteiger partial charge in [0.25, 0.3) is 0 Å². The van der Waals surface area contributed by atoms with E-state index >= 15 is 0 Å². The molecule has 106 valence electrons. The third kappa shape index (κ3) is 4.03. The van der Waals surface area contributed by atoms with Gasteiger partial charge in [0.2, 0.25) is 5.91 Å². The minimum absolute atomic E-state index is 0.105. The SMILES string of the molecule is CCN(CC(=O)NC(C)c1cccs1)C1CCNC1. The van der Waals surface area contributed by atoms with Gasteiger partial charge in [-0.05, 0) is 37.9 Å². The van der Waals surface area contributed by atoms with Crippen LogP contribution in [-0.2, 0) is 4.79 Å². The minimum atomic E-state index is 0.105. The number of rotatable bonds is 6. The van der Waals surface area contributed by atoms with Crippen LogP contribution in [0.5, 0.6) is 0 Å². The number of hydrogen-bond donors (Lipinski definition) is 2. The van der Waals surface area contributed by atoms with E-state index in [0.717, 1.165) is 26.1 Å². The molecule has 2 N–H and O–H groups in total. The summed E-state index contributed by atoms with van der Waals surface area (Å²) in [6.07, 6.45) is 1.14. The van der Waals surface area contributed by atoms with E-state index in [9.17, 15) is 4.79 Å². The fourth-order valence-electron chi connectivity index (χ4n) is 2.53. The third-order valence-corrected chi connectivity index (χ3v) is 4.71. The molecule has 1 aromatic heterocycles. The summed E-state index contributed by atoms with van der Waals surface area (Å²) in [6.45, 7) is 7.65. The van der Waals surface area contributed by atoms with Gasteiger partial charge in [0.05, 0.1) is 12.6 Å². The predicted molar refractivity (Wildman–Crippen MR) is 79.4 cm³/mol. The summed E-state index contributed by atoms with van der Waals surface area (Å²) in [7, 11) is 0. The molecule has 0 aliphatic carbocycles. The van der Waals surface area contributed by atoms with Crippen LogP contribution in [0.25, 0.3) is 0 Å². The molecule has 1 aliphatic rings. The Labute approximate surface area is 119 Å². The quantitative estimate of drug-likeness (QED) is 0.832. The summed E-state index contributed by atoms with van der Waals surface area (Å²) in [4.78, 5) is 15.6. The maximum Gasteiger partial charge on any atom is 0.234 e. The predicted octanol–water partition coefficient (Wildman–Crippen LogP) is 1.61. The number of amides is 1. The van der Waals surface area contributed by atoms with E-state index in [1.54, 1.807) is 11.3 Å². The van der Waals surface area contributed by atoms with Gasteiger partial charge in [0, 0.05) is 17.5 Å². The van der Waals surface area contributed by atoms with E-state index in [1.165, 1.54) is 4.88 Å². The fourth-order valence-corrected chi connectivity index (χ4v) is 3.27. The van der Waals surface area contributed by atoms with Crippen LogP contribution in [-0.4, -0.2) is 43.0 Å². The van der Waals surface area contributed by atoms with Crippen molar-refractivity contribution in [2.24, 2.45) is 0 Å². The van der Waals surface area contributed by atoms with Crippen molar-refractivity contribution >= 4 is 17.2 Å². The second-order valence-electron chi connectivity index (χ2n) is 5.01. The van der Waals surface area contributed by atoms with Gasteiger partial charge < -0.3 is 10.6 Å². The molecule has 5 heteroatoms. The molecule has 1 saturated heterocycles. The van der Waals surface area contributed by atoms with Crippen molar-refractivity contribution in [2.75, 3.05) is 26.2 Å². The lowest BCUT2D eigenvalue weighted by Crippen LogP contribution is -2.44. The molecular weight excluding hydrogens is 258 g/mol. The average molecular weight is 281 g/mol. The highest BCUT2D eigenvalue weighted by atomic mass is 32.1. The van der Waals surface area contributed by atoms with Crippen LogP contribution < -0.4 is 10.6 Å². The average Bonchev–Trinajstić information content (AvgIpc) is 3.07. The molecule has 0 radical (unpaired) electrons. The van der Waals surface area contributed by atoms with Crippen LogP contribution in [0.2, 0.25) is 0 Å². The Morgan fingerprint density at radius 3 is 3.11 bits per heavy atom. The first-order chi connectivity index (χ1) is 9.20. The maximum atomic E-state index is 12.1. The highest BCUT2D eigenvalue weighted by molar-refractivity contribution is 7.10. The number of carbonyl (C=O) groups is 1. The Balaban J connectivity index is 1.82. The molecule has 19 heavy (non-hydrogen) atoms. The van der Waals surface area contributed by atoms with E-state index in [2.05, 4.69) is 28.5 Å². The van der Waals surface area contributed by atoms with Gasteiger partial charge in [-0.1, -0.05) is 13.0 Å². The number of carbonyl (C=O) groups excluding carboxylic acids is 1. The Hall–Kier alpha value is -0.910. The number of hydrogen-bond acceptors (Lipinski definition) is 4. The summed E-state index contributed by atoms with van der Waals surface area (Å²) in [5, 5.41) is 8.47. The smallest absolute Gasteiger partial charge is 0.234 e. The molecule has 1 aromatic rings. The number of nitrogens with one attached hydrogen (secondary N) is 2. The van der Waals surface area contributed by atoms with E-state index in [4.69, 9.17) is 0 Å². The van der Waals surface area contributed by atoms with Crippen molar-refractivity contribution in [1.29, 1.82) is 0 Å². The van der Waals surface area contributed by atoms with Crippen LogP contribution in [0.15, 0.2) is 17.5 Å². The van der Waals surface area contributed by atoms with Crippen molar-refractivity contribution in [2.45, 2.75) is 32.4 Å². The molecular formula is C14H23N3OS. The van der Waals surface area contributed by atoms with Crippen molar-refractivity contribution < 1.29 is 4.79 Å². The van der Waals surface area contributed by atoms with Crippen LogP contribution in [0.1, 0.15) is 31.2 Å². The molecule has 0 spiro atoms. The molecule has 0 bridgehead atoms. The zero-order valence-corrected chi connectivity index (χ0v) is 12.5. The monoisotopic (exact) mass is 281 g/mol. The van der Waals surface area contributed by atoms with Gasteiger partial charge in [-0.15, -0.1) is 11.3 Å². The van der Waals surface area contributed by atoms with Crippen molar-refractivity contribution in [3.8, 4) is 0 Å². The molecule has 1 aliphatic heterocycles. The number of likely N-dealkylation sites (N-methyl/N-ethyl adjacent to an activating group) is 1. The van der Waals surface area contributed by atoms with E-state index in [1.807, 2.05) is 18.4 Å². The van der Waals surface area contributed by atoms with Crippen LogP contribution in [0.3, 0.4) is 0 Å². The van der Waals surface area contributed by atoms with Crippen molar-refractivity contribution in [1.82, 2.24) is 15.5 Å². The zero-order chi connectivity index (χ0) is 13.7. The second kappa shape index (κ2) is 7.03. The zero-order valence-electron chi connectivity index (χ0n) is 11.7. The highest BCUT2D eigenvalue weighted by Crippen LogP contribution is 2.18. The fraction of sp³-hybridized carbons (Fsp3) is 0.643. The molecule has 1 fully saturated rings. The summed E-state index contributed by atoms with van der Waals surface area (Å²) >= 11 is 1.68. The first-order valence-electron chi connectivity index (χ1n) is 6.98. The van der Waals surface area contributed by atoms with Gasteiger partial charge in [-0.3, -0.25) is 9.69 Å². The molecule has 2 rings (SSSR count). The van der Waals surface area contributed by atoms with Gasteiger partial charge >= 0.3 is 0 Å². The Kier molecular flexibility index (Phi) is 5.36. The van der Waals surface area contributed by atoms with Crippen molar-refractivity contribution in [3.63, 3.8) is 0 Å². The van der Waals surface area contributed by atoms with Crippen LogP contribution in [0.4, 0.5) is 0 Å². The van der Waals surface area contributed by atoms with E-state index in [-0.39, 0.29) is 11.9 Å². The first kappa shape index (κ1) is 14.5. The van der Waals surface area contributed by atoms with Crippen LogP contribution >= 0.6 is 11.3 Å².